The predicted octanol–water partition coefficient (Wildman–Crippen LogP) is 5.32. The Hall–Kier alpha value is -0.820. The summed E-state index contributed by atoms with van der Waals surface area (Å²) < 4.78 is 0. The minimum absolute atomic E-state index is 0.0579. The summed E-state index contributed by atoms with van der Waals surface area (Å²) in [7, 11) is 0. The van der Waals surface area contributed by atoms with Crippen molar-refractivity contribution in [2.75, 3.05) is 0 Å². The van der Waals surface area contributed by atoms with E-state index in [2.05, 4.69) is 38.1 Å². The Morgan fingerprint density at radius 1 is 1.17 bits per heavy atom. The average molecular weight is 312 g/mol. The maximum Gasteiger partial charge on any atom is 0.0596 e. The Morgan fingerprint density at radius 2 is 2.00 bits per heavy atom. The molecule has 0 amide bonds. The quantitative estimate of drug-likeness (QED) is 0.801. The summed E-state index contributed by atoms with van der Waals surface area (Å²) >= 11 is 0. The van der Waals surface area contributed by atoms with Crippen LogP contribution in [-0.2, 0) is 6.42 Å². The summed E-state index contributed by atoms with van der Waals surface area (Å²) in [5, 5.41) is 10.6. The standard InChI is InChI=1S/C22H32O/c1-3-4-7-16-14-15-8-5-6-9-17(15)18-12-13-22(2)19(21(16)18)10-11-20(22)23/h5-6,8-9,16,18-21,23H,3-4,7,10-14H2,1-2H3. The van der Waals surface area contributed by atoms with Gasteiger partial charge in [0.25, 0.3) is 0 Å². The van der Waals surface area contributed by atoms with Gasteiger partial charge >= 0.3 is 0 Å². The molecule has 6 atom stereocenters. The molecule has 0 aromatic heterocycles. The Bertz CT molecular complexity index is 565. The van der Waals surface area contributed by atoms with Gasteiger partial charge in [0.2, 0.25) is 0 Å². The van der Waals surface area contributed by atoms with Crippen LogP contribution in [0.1, 0.15) is 75.8 Å². The Labute approximate surface area is 141 Å². The highest BCUT2D eigenvalue weighted by Gasteiger charge is 2.56. The molecule has 1 N–H and O–H groups in total. The predicted molar refractivity (Wildman–Crippen MR) is 95.5 cm³/mol. The highest BCUT2D eigenvalue weighted by Crippen LogP contribution is 2.62. The molecule has 2 saturated carbocycles. The van der Waals surface area contributed by atoms with Gasteiger partial charge in [-0.05, 0) is 78.7 Å². The topological polar surface area (TPSA) is 20.2 Å². The van der Waals surface area contributed by atoms with Gasteiger partial charge in [-0.1, -0.05) is 51.0 Å². The molecular weight excluding hydrogens is 280 g/mol. The molecule has 1 nitrogen and oxygen atoms in total. The largest absolute Gasteiger partial charge is 0.393 e. The van der Waals surface area contributed by atoms with Gasteiger partial charge in [-0.2, -0.15) is 0 Å². The summed E-state index contributed by atoms with van der Waals surface area (Å²) in [4.78, 5) is 0. The maximum absolute atomic E-state index is 10.6. The third kappa shape index (κ3) is 2.38. The van der Waals surface area contributed by atoms with Crippen molar-refractivity contribution in [3.8, 4) is 0 Å². The van der Waals surface area contributed by atoms with E-state index >= 15 is 0 Å². The van der Waals surface area contributed by atoms with Crippen molar-refractivity contribution in [3.05, 3.63) is 35.4 Å². The lowest BCUT2D eigenvalue weighted by molar-refractivity contribution is -0.0395. The number of hydrogen-bond acceptors (Lipinski definition) is 1. The SMILES string of the molecule is CCCCC1Cc2ccccc2C2CCC3(C)C(O)CCC3C12. The zero-order valence-corrected chi connectivity index (χ0v) is 14.8. The van der Waals surface area contributed by atoms with Gasteiger partial charge in [0.15, 0.2) is 0 Å². The van der Waals surface area contributed by atoms with Gasteiger partial charge in [-0.25, -0.2) is 0 Å². The van der Waals surface area contributed by atoms with Crippen LogP contribution in [0.5, 0.6) is 0 Å². The zero-order valence-electron chi connectivity index (χ0n) is 14.8. The second kappa shape index (κ2) is 5.92. The van der Waals surface area contributed by atoms with Crippen molar-refractivity contribution >= 4 is 0 Å². The van der Waals surface area contributed by atoms with E-state index in [0.717, 1.165) is 30.1 Å². The van der Waals surface area contributed by atoms with Gasteiger partial charge in [-0.15, -0.1) is 0 Å². The van der Waals surface area contributed by atoms with Gasteiger partial charge in [0, 0.05) is 0 Å². The fourth-order valence-corrected chi connectivity index (χ4v) is 6.45. The summed E-state index contributed by atoms with van der Waals surface area (Å²) in [6, 6.07) is 9.24. The Balaban J connectivity index is 1.72. The van der Waals surface area contributed by atoms with Crippen LogP contribution in [0.2, 0.25) is 0 Å². The van der Waals surface area contributed by atoms with Gasteiger partial charge < -0.3 is 5.11 Å². The second-order valence-corrected chi connectivity index (χ2v) is 8.73. The van der Waals surface area contributed by atoms with Crippen LogP contribution >= 0.6 is 0 Å². The molecule has 3 aliphatic rings. The summed E-state index contributed by atoms with van der Waals surface area (Å²) in [5.74, 6) is 3.15. The highest BCUT2D eigenvalue weighted by molar-refractivity contribution is 5.35. The number of unbranched alkanes of at least 4 members (excludes halogenated alkanes) is 1. The molecule has 0 bridgehead atoms. The monoisotopic (exact) mass is 312 g/mol. The van der Waals surface area contributed by atoms with Crippen LogP contribution < -0.4 is 0 Å². The first-order chi connectivity index (χ1) is 11.1. The maximum atomic E-state index is 10.6. The number of aliphatic hydroxyl groups is 1. The molecule has 0 aliphatic heterocycles. The molecule has 0 saturated heterocycles. The number of benzene rings is 1. The molecule has 6 unspecified atom stereocenters. The molecule has 126 valence electrons. The van der Waals surface area contributed by atoms with E-state index in [9.17, 15) is 5.11 Å². The smallest absolute Gasteiger partial charge is 0.0596 e. The minimum atomic E-state index is -0.0579. The lowest BCUT2D eigenvalue weighted by Gasteiger charge is -2.53. The summed E-state index contributed by atoms with van der Waals surface area (Å²) in [6.07, 6.45) is 10.1. The van der Waals surface area contributed by atoms with E-state index in [0.29, 0.717) is 0 Å². The van der Waals surface area contributed by atoms with Gasteiger partial charge in [0.05, 0.1) is 6.10 Å². The molecular formula is C22H32O. The normalized spacial score (nSPS) is 42.0. The molecule has 0 spiro atoms. The van der Waals surface area contributed by atoms with Crippen LogP contribution in [0.25, 0.3) is 0 Å². The third-order valence-electron chi connectivity index (χ3n) is 7.69. The molecule has 2 fully saturated rings. The first-order valence-electron chi connectivity index (χ1n) is 9.91. The molecule has 1 aromatic carbocycles. The minimum Gasteiger partial charge on any atom is -0.393 e. The number of rotatable bonds is 3. The summed E-state index contributed by atoms with van der Waals surface area (Å²) in [6.45, 7) is 4.71. The van der Waals surface area contributed by atoms with Crippen molar-refractivity contribution in [3.63, 3.8) is 0 Å². The molecule has 23 heavy (non-hydrogen) atoms. The van der Waals surface area contributed by atoms with Crippen molar-refractivity contribution < 1.29 is 5.11 Å². The fourth-order valence-electron chi connectivity index (χ4n) is 6.45. The number of aliphatic hydroxyl groups excluding tert-OH is 1. The van der Waals surface area contributed by atoms with Gasteiger partial charge in [-0.3, -0.25) is 0 Å². The second-order valence-electron chi connectivity index (χ2n) is 8.73. The molecule has 3 aliphatic carbocycles. The number of hydrogen-bond donors (Lipinski definition) is 1. The van der Waals surface area contributed by atoms with E-state index < -0.39 is 0 Å². The van der Waals surface area contributed by atoms with E-state index in [1.54, 1.807) is 11.1 Å². The van der Waals surface area contributed by atoms with E-state index in [1.807, 2.05) is 0 Å². The van der Waals surface area contributed by atoms with E-state index in [-0.39, 0.29) is 11.5 Å². The van der Waals surface area contributed by atoms with Crippen molar-refractivity contribution in [2.45, 2.75) is 77.2 Å². The van der Waals surface area contributed by atoms with Crippen LogP contribution in [-0.4, -0.2) is 11.2 Å². The summed E-state index contributed by atoms with van der Waals surface area (Å²) in [5.41, 5.74) is 3.46. The Kier molecular flexibility index (Phi) is 4.04. The lowest BCUT2D eigenvalue weighted by Crippen LogP contribution is -2.47. The molecule has 0 radical (unpaired) electrons. The van der Waals surface area contributed by atoms with Crippen molar-refractivity contribution in [2.24, 2.45) is 23.2 Å². The van der Waals surface area contributed by atoms with E-state index in [1.165, 1.54) is 44.9 Å². The van der Waals surface area contributed by atoms with Crippen LogP contribution in [0.15, 0.2) is 24.3 Å². The van der Waals surface area contributed by atoms with Crippen LogP contribution in [0.4, 0.5) is 0 Å². The average Bonchev–Trinajstić information content (AvgIpc) is 2.87. The molecule has 0 heterocycles. The Morgan fingerprint density at radius 3 is 2.83 bits per heavy atom. The van der Waals surface area contributed by atoms with Crippen molar-refractivity contribution in [1.82, 2.24) is 0 Å². The zero-order chi connectivity index (χ0) is 16.0. The molecule has 1 heteroatoms. The number of fused-ring (bicyclic) bond motifs is 5. The lowest BCUT2D eigenvalue weighted by atomic mass is 9.52. The van der Waals surface area contributed by atoms with Crippen LogP contribution in [0.3, 0.4) is 0 Å². The van der Waals surface area contributed by atoms with Crippen molar-refractivity contribution in [1.29, 1.82) is 0 Å². The fraction of sp³-hybridized carbons (Fsp3) is 0.727. The first kappa shape index (κ1) is 15.7. The highest BCUT2D eigenvalue weighted by atomic mass is 16.3. The van der Waals surface area contributed by atoms with E-state index in [4.69, 9.17) is 0 Å². The third-order valence-corrected chi connectivity index (χ3v) is 7.69. The van der Waals surface area contributed by atoms with Crippen LogP contribution in [0, 0.1) is 23.2 Å². The molecule has 1 aromatic rings. The van der Waals surface area contributed by atoms with Gasteiger partial charge in [0.1, 0.15) is 0 Å². The molecule has 4 rings (SSSR count). The first-order valence-corrected chi connectivity index (χ1v) is 9.91.